The molecule has 0 spiro atoms. The van der Waals surface area contributed by atoms with Crippen LogP contribution in [0.4, 0.5) is 4.79 Å². The third-order valence-electron chi connectivity index (χ3n) is 6.48. The second kappa shape index (κ2) is 6.62. The van der Waals surface area contributed by atoms with Crippen LogP contribution >= 0.6 is 11.6 Å². The molecule has 6 rings (SSSR count). The van der Waals surface area contributed by atoms with E-state index in [1.807, 2.05) is 23.1 Å². The fraction of sp³-hybridized carbons (Fsp3) is 0.476. The Morgan fingerprint density at radius 3 is 2.50 bits per heavy atom. The molecule has 0 saturated carbocycles. The van der Waals surface area contributed by atoms with Crippen molar-refractivity contribution in [3.05, 3.63) is 40.0 Å². The van der Waals surface area contributed by atoms with Gasteiger partial charge in [0, 0.05) is 35.8 Å². The summed E-state index contributed by atoms with van der Waals surface area (Å²) in [6.45, 7) is 0.864. The van der Waals surface area contributed by atoms with Gasteiger partial charge in [-0.1, -0.05) is 17.7 Å². The Morgan fingerprint density at radius 2 is 1.79 bits per heavy atom. The molecule has 3 saturated heterocycles. The Labute approximate surface area is 168 Å². The minimum absolute atomic E-state index is 0.0442. The highest BCUT2D eigenvalue weighted by molar-refractivity contribution is 6.36. The van der Waals surface area contributed by atoms with Gasteiger partial charge < -0.3 is 14.9 Å². The average molecular weight is 400 g/mol. The van der Waals surface area contributed by atoms with E-state index in [2.05, 4.69) is 0 Å². The summed E-state index contributed by atoms with van der Waals surface area (Å²) in [6, 6.07) is 5.41. The number of hydrogen-bond acceptors (Lipinski definition) is 3. The molecule has 4 aliphatic rings. The predicted octanol–water partition coefficient (Wildman–Crippen LogP) is 3.73. The first-order valence-electron chi connectivity index (χ1n) is 9.94. The van der Waals surface area contributed by atoms with Gasteiger partial charge in [-0.3, -0.25) is 9.78 Å². The number of pyridine rings is 1. The van der Waals surface area contributed by atoms with Crippen LogP contribution in [0.3, 0.4) is 0 Å². The van der Waals surface area contributed by atoms with Crippen molar-refractivity contribution < 1.29 is 14.7 Å². The monoisotopic (exact) mass is 399 g/mol. The average Bonchev–Trinajstić information content (AvgIpc) is 2.73. The van der Waals surface area contributed by atoms with Crippen molar-refractivity contribution in [2.24, 2.45) is 0 Å². The molecule has 1 aliphatic carbocycles. The standard InChI is InChI=1S/C21H22ClN3O3/c22-19-15-3-1-2-4-17(15)23-18-9-12(5-8-16(18)19)20(26)24-10-14-7-6-13(24)11-25(14)21(27)28/h5,8-9,13-14H,1-4,6-7,10-11H2,(H,27,28). The van der Waals surface area contributed by atoms with Crippen LogP contribution in [0.1, 0.15) is 47.3 Å². The number of piperidine rings is 2. The Bertz CT molecular complexity index is 993. The van der Waals surface area contributed by atoms with Gasteiger partial charge in [-0.15, -0.1) is 0 Å². The third-order valence-corrected chi connectivity index (χ3v) is 6.91. The van der Waals surface area contributed by atoms with Crippen molar-refractivity contribution in [2.45, 2.75) is 50.6 Å². The van der Waals surface area contributed by atoms with E-state index in [0.29, 0.717) is 18.7 Å². The lowest BCUT2D eigenvalue weighted by molar-refractivity contribution is -0.00489. The molecule has 7 heteroatoms. The van der Waals surface area contributed by atoms with E-state index >= 15 is 0 Å². The quantitative estimate of drug-likeness (QED) is 0.792. The van der Waals surface area contributed by atoms with Gasteiger partial charge in [0.2, 0.25) is 0 Å². The van der Waals surface area contributed by atoms with Crippen LogP contribution in [0.5, 0.6) is 0 Å². The second-order valence-electron chi connectivity index (χ2n) is 8.07. The zero-order valence-electron chi connectivity index (χ0n) is 15.5. The number of halogens is 1. The van der Waals surface area contributed by atoms with Crippen LogP contribution in [0.25, 0.3) is 10.9 Å². The fourth-order valence-electron chi connectivity index (χ4n) is 4.98. The molecule has 2 amide bonds. The van der Waals surface area contributed by atoms with Gasteiger partial charge in [0.1, 0.15) is 0 Å². The number of carbonyl (C=O) groups is 2. The first kappa shape index (κ1) is 17.7. The molecule has 146 valence electrons. The molecule has 2 unspecified atom stereocenters. The molecule has 2 atom stereocenters. The van der Waals surface area contributed by atoms with Crippen LogP contribution in [0.2, 0.25) is 5.02 Å². The van der Waals surface area contributed by atoms with Gasteiger partial charge in [0.25, 0.3) is 5.91 Å². The number of piperazine rings is 1. The lowest BCUT2D eigenvalue weighted by atomic mass is 9.90. The van der Waals surface area contributed by atoms with Crippen LogP contribution in [-0.4, -0.2) is 57.1 Å². The molecule has 0 radical (unpaired) electrons. The lowest BCUT2D eigenvalue weighted by Gasteiger charge is -2.50. The minimum Gasteiger partial charge on any atom is -0.465 e. The summed E-state index contributed by atoms with van der Waals surface area (Å²) in [6.07, 6.45) is 4.95. The highest BCUT2D eigenvalue weighted by atomic mass is 35.5. The van der Waals surface area contributed by atoms with Crippen LogP contribution < -0.4 is 0 Å². The van der Waals surface area contributed by atoms with E-state index in [1.54, 1.807) is 0 Å². The first-order chi connectivity index (χ1) is 13.5. The number of amides is 2. The molecule has 2 bridgehead atoms. The van der Waals surface area contributed by atoms with Crippen molar-refractivity contribution in [3.63, 3.8) is 0 Å². The molecule has 4 heterocycles. The summed E-state index contributed by atoms with van der Waals surface area (Å²) in [5.41, 5.74) is 3.58. The summed E-state index contributed by atoms with van der Waals surface area (Å²) in [7, 11) is 0. The van der Waals surface area contributed by atoms with Gasteiger partial charge in [0.15, 0.2) is 0 Å². The van der Waals surface area contributed by atoms with Crippen LogP contribution in [-0.2, 0) is 12.8 Å². The SMILES string of the molecule is O=C(O)N1CC2CCC1CN2C(=O)c1ccc2c(Cl)c3c(nc2c1)CCCC3. The van der Waals surface area contributed by atoms with Gasteiger partial charge in [-0.05, 0) is 56.2 Å². The first-order valence-corrected chi connectivity index (χ1v) is 10.3. The second-order valence-corrected chi connectivity index (χ2v) is 8.45. The summed E-state index contributed by atoms with van der Waals surface area (Å²) < 4.78 is 0. The summed E-state index contributed by atoms with van der Waals surface area (Å²) in [5.74, 6) is -0.0442. The number of hydrogen-bond donors (Lipinski definition) is 1. The molecule has 1 aromatic carbocycles. The van der Waals surface area contributed by atoms with Crippen molar-refractivity contribution in [1.29, 1.82) is 0 Å². The Morgan fingerprint density at radius 1 is 1.07 bits per heavy atom. The van der Waals surface area contributed by atoms with Gasteiger partial charge in [-0.25, -0.2) is 4.79 Å². The molecule has 3 aliphatic heterocycles. The fourth-order valence-corrected chi connectivity index (χ4v) is 5.34. The van der Waals surface area contributed by atoms with Crippen molar-refractivity contribution in [3.8, 4) is 0 Å². The molecule has 3 fully saturated rings. The molecule has 28 heavy (non-hydrogen) atoms. The number of carbonyl (C=O) groups excluding carboxylic acids is 1. The van der Waals surface area contributed by atoms with E-state index in [1.165, 1.54) is 4.90 Å². The highest BCUT2D eigenvalue weighted by Gasteiger charge is 2.43. The molecule has 1 aromatic heterocycles. The zero-order chi connectivity index (χ0) is 19.4. The van der Waals surface area contributed by atoms with Gasteiger partial charge in [-0.2, -0.15) is 0 Å². The smallest absolute Gasteiger partial charge is 0.407 e. The summed E-state index contributed by atoms with van der Waals surface area (Å²) >= 11 is 6.64. The molecular formula is C21H22ClN3O3. The molecule has 6 nitrogen and oxygen atoms in total. The summed E-state index contributed by atoms with van der Waals surface area (Å²) in [5, 5.41) is 11.0. The number of carboxylic acid groups (broad SMARTS) is 1. The largest absolute Gasteiger partial charge is 0.465 e. The minimum atomic E-state index is -0.892. The van der Waals surface area contributed by atoms with E-state index in [-0.39, 0.29) is 18.0 Å². The molecular weight excluding hydrogens is 378 g/mol. The molecule has 1 N–H and O–H groups in total. The number of benzene rings is 1. The number of aromatic nitrogens is 1. The summed E-state index contributed by atoms with van der Waals surface area (Å²) in [4.78, 5) is 32.7. The number of aryl methyl sites for hydroxylation is 1. The number of nitrogens with zero attached hydrogens (tertiary/aromatic N) is 3. The Kier molecular flexibility index (Phi) is 4.19. The van der Waals surface area contributed by atoms with Crippen LogP contribution in [0.15, 0.2) is 18.2 Å². The number of rotatable bonds is 1. The van der Waals surface area contributed by atoms with Gasteiger partial charge in [0.05, 0.1) is 16.6 Å². The lowest BCUT2D eigenvalue weighted by Crippen LogP contribution is -2.64. The molecule has 2 aromatic rings. The Hall–Kier alpha value is -2.34. The van der Waals surface area contributed by atoms with E-state index in [4.69, 9.17) is 16.6 Å². The topological polar surface area (TPSA) is 73.7 Å². The maximum atomic E-state index is 13.2. The van der Waals surface area contributed by atoms with E-state index < -0.39 is 6.09 Å². The third kappa shape index (κ3) is 2.73. The maximum absolute atomic E-state index is 13.2. The van der Waals surface area contributed by atoms with Crippen molar-refractivity contribution in [2.75, 3.05) is 13.1 Å². The predicted molar refractivity (Wildman–Crippen MR) is 106 cm³/mol. The maximum Gasteiger partial charge on any atom is 0.407 e. The number of fused-ring (bicyclic) bond motifs is 5. The zero-order valence-corrected chi connectivity index (χ0v) is 16.3. The van der Waals surface area contributed by atoms with Gasteiger partial charge >= 0.3 is 6.09 Å². The van der Waals surface area contributed by atoms with Crippen molar-refractivity contribution in [1.82, 2.24) is 14.8 Å². The van der Waals surface area contributed by atoms with E-state index in [0.717, 1.165) is 65.7 Å². The van der Waals surface area contributed by atoms with E-state index in [9.17, 15) is 14.7 Å². The Balaban J connectivity index is 1.47. The highest BCUT2D eigenvalue weighted by Crippen LogP contribution is 2.34. The normalized spacial score (nSPS) is 23.8. The van der Waals surface area contributed by atoms with Crippen molar-refractivity contribution >= 4 is 34.5 Å². The van der Waals surface area contributed by atoms with Crippen LogP contribution in [0, 0.1) is 0 Å².